The largest absolute Gasteiger partial charge is 0.478 e. The average Bonchev–Trinajstić information content (AvgIpc) is 2.19. The Balaban J connectivity index is 2.75. The van der Waals surface area contributed by atoms with Crippen LogP contribution in [-0.4, -0.2) is 11.1 Å². The molecule has 1 N–H and O–H groups in total. The minimum Gasteiger partial charge on any atom is -0.478 e. The van der Waals surface area contributed by atoms with Crippen LogP contribution in [0.25, 0.3) is 0 Å². The van der Waals surface area contributed by atoms with Crippen LogP contribution in [0.15, 0.2) is 24.3 Å². The van der Waals surface area contributed by atoms with Gasteiger partial charge in [0.05, 0.1) is 5.56 Å². The van der Waals surface area contributed by atoms with Gasteiger partial charge in [-0.05, 0) is 30.7 Å². The minimum absolute atomic E-state index is 0.297. The summed E-state index contributed by atoms with van der Waals surface area (Å²) in [5.74, 6) is 5.07. The van der Waals surface area contributed by atoms with E-state index in [9.17, 15) is 4.79 Å². The zero-order valence-corrected chi connectivity index (χ0v) is 8.08. The number of aromatic carboxylic acids is 1. The normalized spacial score (nSPS) is 8.93. The quantitative estimate of drug-likeness (QED) is 0.724. The predicted octanol–water partition coefficient (Wildman–Crippen LogP) is 2.54. The maximum Gasteiger partial charge on any atom is 0.335 e. The summed E-state index contributed by atoms with van der Waals surface area (Å²) in [5, 5.41) is 8.65. The summed E-state index contributed by atoms with van der Waals surface area (Å²) >= 11 is 0. The molecular weight excluding hydrogens is 176 g/mol. The molecule has 0 fully saturated rings. The summed E-state index contributed by atoms with van der Waals surface area (Å²) in [6.07, 6.45) is 1.92. The summed E-state index contributed by atoms with van der Waals surface area (Å²) in [6.45, 7) is 2.07. The summed E-state index contributed by atoms with van der Waals surface area (Å²) in [7, 11) is 0. The summed E-state index contributed by atoms with van der Waals surface area (Å²) in [5.41, 5.74) is 1.16. The Kier molecular flexibility index (Phi) is 3.75. The van der Waals surface area contributed by atoms with E-state index in [0.717, 1.165) is 18.4 Å². The number of carbonyl (C=O) groups is 1. The topological polar surface area (TPSA) is 37.3 Å². The number of carboxylic acids is 1. The Morgan fingerprint density at radius 1 is 1.36 bits per heavy atom. The lowest BCUT2D eigenvalue weighted by Crippen LogP contribution is -1.94. The highest BCUT2D eigenvalue weighted by Gasteiger charge is 1.99. The molecule has 0 amide bonds. The summed E-state index contributed by atoms with van der Waals surface area (Å²) in [6, 6.07) is 6.59. The van der Waals surface area contributed by atoms with Crippen LogP contribution in [0.5, 0.6) is 0 Å². The van der Waals surface area contributed by atoms with Crippen molar-refractivity contribution in [3.8, 4) is 11.8 Å². The van der Waals surface area contributed by atoms with Crippen molar-refractivity contribution in [2.45, 2.75) is 19.8 Å². The van der Waals surface area contributed by atoms with Crippen LogP contribution < -0.4 is 0 Å². The van der Waals surface area contributed by atoms with Gasteiger partial charge >= 0.3 is 5.97 Å². The zero-order valence-electron chi connectivity index (χ0n) is 8.08. The first-order chi connectivity index (χ1) is 6.74. The van der Waals surface area contributed by atoms with Crippen molar-refractivity contribution in [1.82, 2.24) is 0 Å². The SMILES string of the molecule is CCCC#Cc1ccc(C(=O)O)cc1. The van der Waals surface area contributed by atoms with Crippen molar-refractivity contribution in [3.63, 3.8) is 0 Å². The third kappa shape index (κ3) is 2.95. The van der Waals surface area contributed by atoms with Gasteiger partial charge in [0.2, 0.25) is 0 Å². The first kappa shape index (κ1) is 10.3. The maximum absolute atomic E-state index is 10.5. The lowest BCUT2D eigenvalue weighted by atomic mass is 10.1. The Hall–Kier alpha value is -1.75. The average molecular weight is 188 g/mol. The van der Waals surface area contributed by atoms with Gasteiger partial charge in [-0.3, -0.25) is 0 Å². The first-order valence-corrected chi connectivity index (χ1v) is 4.56. The van der Waals surface area contributed by atoms with E-state index in [1.165, 1.54) is 0 Å². The number of rotatable bonds is 2. The Morgan fingerprint density at radius 2 is 2.00 bits per heavy atom. The van der Waals surface area contributed by atoms with E-state index >= 15 is 0 Å². The molecular formula is C12H12O2. The molecule has 1 aromatic rings. The van der Waals surface area contributed by atoms with Gasteiger partial charge in [0, 0.05) is 12.0 Å². The van der Waals surface area contributed by atoms with E-state index in [4.69, 9.17) is 5.11 Å². The molecule has 0 saturated heterocycles. The molecule has 1 rings (SSSR count). The van der Waals surface area contributed by atoms with Crippen LogP contribution in [0.4, 0.5) is 0 Å². The number of hydrogen-bond acceptors (Lipinski definition) is 1. The van der Waals surface area contributed by atoms with E-state index in [1.54, 1.807) is 24.3 Å². The van der Waals surface area contributed by atoms with Crippen LogP contribution in [0.3, 0.4) is 0 Å². The Morgan fingerprint density at radius 3 is 2.50 bits per heavy atom. The predicted molar refractivity (Wildman–Crippen MR) is 55.2 cm³/mol. The van der Waals surface area contributed by atoms with Gasteiger partial charge < -0.3 is 5.11 Å². The minimum atomic E-state index is -0.905. The van der Waals surface area contributed by atoms with Gasteiger partial charge in [0.15, 0.2) is 0 Å². The molecule has 0 saturated carbocycles. The van der Waals surface area contributed by atoms with Gasteiger partial charge in [-0.15, -0.1) is 0 Å². The molecule has 0 aliphatic rings. The molecule has 0 bridgehead atoms. The van der Waals surface area contributed by atoms with Crippen molar-refractivity contribution < 1.29 is 9.90 Å². The molecule has 14 heavy (non-hydrogen) atoms. The molecule has 0 aromatic heterocycles. The Labute approximate surface area is 83.6 Å². The molecule has 2 heteroatoms. The standard InChI is InChI=1S/C12H12O2/c1-2-3-4-5-10-6-8-11(9-7-10)12(13)14/h6-9H,2-3H2,1H3,(H,13,14). The highest BCUT2D eigenvalue weighted by Crippen LogP contribution is 2.03. The lowest BCUT2D eigenvalue weighted by Gasteiger charge is -1.93. The fraction of sp³-hybridized carbons (Fsp3) is 0.250. The van der Waals surface area contributed by atoms with Crippen LogP contribution >= 0.6 is 0 Å². The van der Waals surface area contributed by atoms with Crippen LogP contribution in [-0.2, 0) is 0 Å². The number of hydrogen-bond donors (Lipinski definition) is 1. The van der Waals surface area contributed by atoms with E-state index in [-0.39, 0.29) is 0 Å². The summed E-state index contributed by atoms with van der Waals surface area (Å²) in [4.78, 5) is 10.5. The highest BCUT2D eigenvalue weighted by molar-refractivity contribution is 5.87. The molecule has 0 atom stereocenters. The number of carboxylic acid groups (broad SMARTS) is 1. The second-order valence-electron chi connectivity index (χ2n) is 2.93. The maximum atomic E-state index is 10.5. The number of benzene rings is 1. The Bertz CT molecular complexity index is 366. The van der Waals surface area contributed by atoms with Crippen molar-refractivity contribution in [2.75, 3.05) is 0 Å². The van der Waals surface area contributed by atoms with Gasteiger partial charge in [-0.2, -0.15) is 0 Å². The van der Waals surface area contributed by atoms with E-state index in [1.807, 2.05) is 0 Å². The molecule has 0 aliphatic carbocycles. The van der Waals surface area contributed by atoms with Crippen molar-refractivity contribution in [1.29, 1.82) is 0 Å². The van der Waals surface area contributed by atoms with E-state index in [0.29, 0.717) is 5.56 Å². The molecule has 0 radical (unpaired) electrons. The van der Waals surface area contributed by atoms with Crippen LogP contribution in [0.1, 0.15) is 35.7 Å². The monoisotopic (exact) mass is 188 g/mol. The molecule has 0 heterocycles. The molecule has 72 valence electrons. The third-order valence-corrected chi connectivity index (χ3v) is 1.74. The third-order valence-electron chi connectivity index (χ3n) is 1.74. The highest BCUT2D eigenvalue weighted by atomic mass is 16.4. The number of unbranched alkanes of at least 4 members (excludes halogenated alkanes) is 1. The second kappa shape index (κ2) is 5.08. The molecule has 0 unspecified atom stereocenters. The zero-order chi connectivity index (χ0) is 10.4. The second-order valence-corrected chi connectivity index (χ2v) is 2.93. The fourth-order valence-corrected chi connectivity index (χ4v) is 0.986. The fourth-order valence-electron chi connectivity index (χ4n) is 0.986. The lowest BCUT2D eigenvalue weighted by molar-refractivity contribution is 0.0697. The van der Waals surface area contributed by atoms with E-state index < -0.39 is 5.97 Å². The van der Waals surface area contributed by atoms with Gasteiger partial charge in [0.25, 0.3) is 0 Å². The van der Waals surface area contributed by atoms with Gasteiger partial charge in [0.1, 0.15) is 0 Å². The van der Waals surface area contributed by atoms with Crippen LogP contribution in [0, 0.1) is 11.8 Å². The molecule has 0 aliphatic heterocycles. The molecule has 1 aromatic carbocycles. The van der Waals surface area contributed by atoms with Gasteiger partial charge in [-0.25, -0.2) is 4.79 Å². The molecule has 0 spiro atoms. The smallest absolute Gasteiger partial charge is 0.335 e. The van der Waals surface area contributed by atoms with Crippen molar-refractivity contribution in [3.05, 3.63) is 35.4 Å². The molecule has 2 nitrogen and oxygen atoms in total. The van der Waals surface area contributed by atoms with Gasteiger partial charge in [-0.1, -0.05) is 18.8 Å². The van der Waals surface area contributed by atoms with Crippen LogP contribution in [0.2, 0.25) is 0 Å². The van der Waals surface area contributed by atoms with E-state index in [2.05, 4.69) is 18.8 Å². The first-order valence-electron chi connectivity index (χ1n) is 4.56. The summed E-state index contributed by atoms with van der Waals surface area (Å²) < 4.78 is 0. The van der Waals surface area contributed by atoms with Crippen molar-refractivity contribution >= 4 is 5.97 Å². The van der Waals surface area contributed by atoms with Crippen molar-refractivity contribution in [2.24, 2.45) is 0 Å².